The second kappa shape index (κ2) is 3.82. The highest BCUT2D eigenvalue weighted by Crippen LogP contribution is 2.07. The highest BCUT2D eigenvalue weighted by molar-refractivity contribution is 6.00. The number of hydrazine groups is 1. The first-order chi connectivity index (χ1) is 6.54. The highest BCUT2D eigenvalue weighted by Gasteiger charge is 2.11. The Bertz CT molecular complexity index is 377. The number of nitrogens with two attached hydrogens (primary N) is 1. The molecular formula is C9H10N2O2. The van der Waals surface area contributed by atoms with Crippen LogP contribution in [0.1, 0.15) is 22.1 Å². The van der Waals surface area contributed by atoms with E-state index in [1.165, 1.54) is 19.2 Å². The van der Waals surface area contributed by atoms with Crippen molar-refractivity contribution >= 4 is 12.2 Å². The number of rotatable bonds is 2. The van der Waals surface area contributed by atoms with Gasteiger partial charge in [-0.15, -0.1) is 0 Å². The maximum absolute atomic E-state index is 11.4. The molecule has 0 aliphatic rings. The van der Waals surface area contributed by atoms with Crippen molar-refractivity contribution in [3.8, 4) is 0 Å². The summed E-state index contributed by atoms with van der Waals surface area (Å²) in [7, 11) is 1.38. The lowest BCUT2D eigenvalue weighted by molar-refractivity contribution is 0.0792. The summed E-state index contributed by atoms with van der Waals surface area (Å²) < 4.78 is 6.94. The molecule has 0 unspecified atom stereocenters. The summed E-state index contributed by atoms with van der Waals surface area (Å²) in [6.07, 6.45) is -0.893. The average molecular weight is 180 g/mol. The molecule has 0 radical (unpaired) electrons. The Morgan fingerprint density at radius 2 is 2.23 bits per heavy atom. The van der Waals surface area contributed by atoms with Gasteiger partial charge in [-0.1, -0.05) is 18.2 Å². The third-order valence-electron chi connectivity index (χ3n) is 1.59. The van der Waals surface area contributed by atoms with Crippen molar-refractivity contribution in [1.82, 2.24) is 5.01 Å². The van der Waals surface area contributed by atoms with Gasteiger partial charge in [-0.05, 0) is 6.07 Å². The second-order valence-electron chi connectivity index (χ2n) is 2.56. The van der Waals surface area contributed by atoms with Crippen LogP contribution in [0.3, 0.4) is 0 Å². The van der Waals surface area contributed by atoms with Gasteiger partial charge in [-0.25, -0.2) is 5.84 Å². The molecule has 2 N–H and O–H groups in total. The zero-order chi connectivity index (χ0) is 10.7. The van der Waals surface area contributed by atoms with Crippen molar-refractivity contribution in [3.05, 3.63) is 35.4 Å². The van der Waals surface area contributed by atoms with Crippen LogP contribution >= 0.6 is 0 Å². The van der Waals surface area contributed by atoms with Crippen LogP contribution in [0.15, 0.2) is 24.3 Å². The minimum atomic E-state index is -0.893. The third-order valence-corrected chi connectivity index (χ3v) is 1.59. The van der Waals surface area contributed by atoms with Crippen LogP contribution in [0.4, 0.5) is 0 Å². The SMILES string of the molecule is [3H]C(=O)c1ccccc1C(=O)N(C)N. The number of hydrogen-bond donors (Lipinski definition) is 1. The van der Waals surface area contributed by atoms with Crippen molar-refractivity contribution in [2.75, 3.05) is 7.05 Å². The van der Waals surface area contributed by atoms with Gasteiger partial charge < -0.3 is 0 Å². The van der Waals surface area contributed by atoms with E-state index in [-0.39, 0.29) is 11.1 Å². The first-order valence-corrected chi connectivity index (χ1v) is 3.66. The average Bonchev–Trinajstić information content (AvgIpc) is 2.16. The Morgan fingerprint density at radius 1 is 1.62 bits per heavy atom. The predicted octanol–water partition coefficient (Wildman–Crippen LogP) is 0.445. The molecule has 0 aliphatic heterocycles. The Balaban J connectivity index is 3.20. The molecule has 0 fully saturated rings. The first-order valence-electron chi connectivity index (χ1n) is 4.16. The van der Waals surface area contributed by atoms with Crippen LogP contribution in [0.2, 0.25) is 0 Å². The van der Waals surface area contributed by atoms with Gasteiger partial charge in [0.1, 0.15) is 1.37 Å². The van der Waals surface area contributed by atoms with Crippen LogP contribution in [-0.4, -0.2) is 24.2 Å². The zero-order valence-corrected chi connectivity index (χ0v) is 7.15. The molecule has 1 aromatic rings. The molecule has 13 heavy (non-hydrogen) atoms. The first kappa shape index (κ1) is 7.94. The van der Waals surface area contributed by atoms with Crippen molar-refractivity contribution in [2.24, 2.45) is 5.84 Å². The second-order valence-corrected chi connectivity index (χ2v) is 2.56. The number of hydrogen-bond acceptors (Lipinski definition) is 3. The molecule has 0 saturated heterocycles. The van der Waals surface area contributed by atoms with E-state index in [1.54, 1.807) is 12.1 Å². The Kier molecular flexibility index (Phi) is 2.33. The minimum absolute atomic E-state index is 0.0646. The van der Waals surface area contributed by atoms with Gasteiger partial charge in [-0.2, -0.15) is 0 Å². The lowest BCUT2D eigenvalue weighted by atomic mass is 10.1. The summed E-state index contributed by atoms with van der Waals surface area (Å²) in [5, 5.41) is 0.877. The molecule has 0 aromatic heterocycles. The van der Waals surface area contributed by atoms with Crippen LogP contribution in [0, 0.1) is 0 Å². The minimum Gasteiger partial charge on any atom is -0.298 e. The van der Waals surface area contributed by atoms with E-state index < -0.39 is 12.2 Å². The molecule has 1 rings (SSSR count). The fourth-order valence-corrected chi connectivity index (χ4v) is 0.949. The van der Waals surface area contributed by atoms with E-state index in [1.807, 2.05) is 0 Å². The molecule has 4 heteroatoms. The molecule has 68 valence electrons. The van der Waals surface area contributed by atoms with Gasteiger partial charge in [0.15, 0.2) is 6.26 Å². The Hall–Kier alpha value is -1.68. The summed E-state index contributed by atoms with van der Waals surface area (Å²) in [6.45, 7) is 0. The lowest BCUT2D eigenvalue weighted by Gasteiger charge is -2.10. The Labute approximate surface area is 77.3 Å². The number of carbonyl (C=O) groups excluding carboxylic acids is 2. The zero-order valence-electron chi connectivity index (χ0n) is 8.15. The van der Waals surface area contributed by atoms with Gasteiger partial charge in [0.2, 0.25) is 0 Å². The van der Waals surface area contributed by atoms with Gasteiger partial charge in [0, 0.05) is 12.6 Å². The molecule has 4 nitrogen and oxygen atoms in total. The largest absolute Gasteiger partial charge is 0.298 e. The van der Waals surface area contributed by atoms with Crippen LogP contribution in [0.25, 0.3) is 0 Å². The molecule has 0 heterocycles. The summed E-state index contributed by atoms with van der Waals surface area (Å²) >= 11 is 0. The number of nitrogens with zero attached hydrogens (tertiary/aromatic N) is 1. The number of amides is 1. The van der Waals surface area contributed by atoms with E-state index in [2.05, 4.69) is 0 Å². The van der Waals surface area contributed by atoms with Crippen molar-refractivity contribution in [1.29, 1.82) is 0 Å². The maximum Gasteiger partial charge on any atom is 0.268 e. The Morgan fingerprint density at radius 3 is 2.77 bits per heavy atom. The van der Waals surface area contributed by atoms with Crippen LogP contribution in [-0.2, 0) is 0 Å². The topological polar surface area (TPSA) is 63.4 Å². The monoisotopic (exact) mass is 180 g/mol. The van der Waals surface area contributed by atoms with E-state index in [9.17, 15) is 9.59 Å². The highest BCUT2D eigenvalue weighted by atomic mass is 16.2. The van der Waals surface area contributed by atoms with Gasteiger partial charge in [0.05, 0.1) is 5.56 Å². The quantitative estimate of drug-likeness (QED) is 0.311. The van der Waals surface area contributed by atoms with Crippen LogP contribution in [0.5, 0.6) is 0 Å². The van der Waals surface area contributed by atoms with Crippen LogP contribution < -0.4 is 5.84 Å². The van der Waals surface area contributed by atoms with Gasteiger partial charge in [0.25, 0.3) is 5.91 Å². The maximum atomic E-state index is 11.4. The number of carbonyl (C=O) groups is 2. The lowest BCUT2D eigenvalue weighted by Crippen LogP contribution is -2.33. The molecule has 0 saturated carbocycles. The normalized spacial score (nSPS) is 10.5. The smallest absolute Gasteiger partial charge is 0.268 e. The van der Waals surface area contributed by atoms with Crippen molar-refractivity contribution < 1.29 is 11.0 Å². The molecular weight excluding hydrogens is 168 g/mol. The van der Waals surface area contributed by atoms with Gasteiger partial charge in [-0.3, -0.25) is 14.6 Å². The standard InChI is InChI=1S/C9H10N2O2/c1-11(10)9(13)8-5-3-2-4-7(8)6-12/h2-6H,10H2,1H3/i6T. The fourth-order valence-electron chi connectivity index (χ4n) is 0.949. The number of aldehydes is 1. The van der Waals surface area contributed by atoms with Gasteiger partial charge >= 0.3 is 0 Å². The fraction of sp³-hybridized carbons (Fsp3) is 0.111. The third kappa shape index (κ3) is 1.91. The summed E-state index contributed by atoms with van der Waals surface area (Å²) in [5.74, 6) is 4.76. The van der Waals surface area contributed by atoms with Crippen molar-refractivity contribution in [3.63, 3.8) is 0 Å². The summed E-state index contributed by atoms with van der Waals surface area (Å²) in [6, 6.07) is 6.10. The molecule has 0 bridgehead atoms. The summed E-state index contributed by atoms with van der Waals surface area (Å²) in [4.78, 5) is 22.3. The van der Waals surface area contributed by atoms with Crippen molar-refractivity contribution in [2.45, 2.75) is 0 Å². The molecule has 0 spiro atoms. The predicted molar refractivity (Wildman–Crippen MR) is 48.1 cm³/mol. The summed E-state index contributed by atoms with van der Waals surface area (Å²) in [5.41, 5.74) is 0.215. The van der Waals surface area contributed by atoms with E-state index in [4.69, 9.17) is 7.21 Å². The van der Waals surface area contributed by atoms with E-state index in [0.29, 0.717) is 0 Å². The molecule has 0 atom stereocenters. The molecule has 0 aliphatic carbocycles. The van der Waals surface area contributed by atoms with E-state index in [0.717, 1.165) is 5.01 Å². The number of benzene rings is 1. The molecule has 1 aromatic carbocycles. The van der Waals surface area contributed by atoms with E-state index >= 15 is 0 Å². The molecule has 1 amide bonds.